The Morgan fingerprint density at radius 3 is 2.24 bits per heavy atom. The average Bonchev–Trinajstić information content (AvgIpc) is 3.33. The van der Waals surface area contributed by atoms with Crippen LogP contribution in [0.5, 0.6) is 11.5 Å². The SMILES string of the molecule is O=C(c1ccc2c(c1)OCO2)N1CCC(CN2C(=O)c3cccc4cccc(c34)C2=O)CC1. The highest BCUT2D eigenvalue weighted by Gasteiger charge is 2.35. The Kier molecular flexibility index (Phi) is 4.57. The first-order valence-electron chi connectivity index (χ1n) is 11.2. The van der Waals surface area contributed by atoms with Crippen molar-refractivity contribution in [3.05, 3.63) is 71.3 Å². The van der Waals surface area contributed by atoms with Gasteiger partial charge in [0.15, 0.2) is 11.5 Å². The summed E-state index contributed by atoms with van der Waals surface area (Å²) in [6.45, 7) is 1.71. The van der Waals surface area contributed by atoms with E-state index in [-0.39, 0.29) is 30.4 Å². The number of hydrogen-bond acceptors (Lipinski definition) is 5. The van der Waals surface area contributed by atoms with Crippen LogP contribution in [0, 0.1) is 5.92 Å². The molecule has 0 unspecified atom stereocenters. The Labute approximate surface area is 190 Å². The molecule has 7 heteroatoms. The van der Waals surface area contributed by atoms with Crippen molar-refractivity contribution in [3.8, 4) is 11.5 Å². The molecule has 33 heavy (non-hydrogen) atoms. The normalized spacial score (nSPS) is 17.7. The van der Waals surface area contributed by atoms with Gasteiger partial charge in [0, 0.05) is 41.7 Å². The van der Waals surface area contributed by atoms with Crippen LogP contribution in [-0.2, 0) is 0 Å². The lowest BCUT2D eigenvalue weighted by molar-refractivity contribution is 0.0524. The fourth-order valence-corrected chi connectivity index (χ4v) is 5.04. The zero-order valence-corrected chi connectivity index (χ0v) is 18.0. The van der Waals surface area contributed by atoms with Crippen LogP contribution < -0.4 is 9.47 Å². The lowest BCUT2D eigenvalue weighted by atomic mass is 9.91. The molecule has 0 radical (unpaired) electrons. The monoisotopic (exact) mass is 442 g/mol. The molecule has 166 valence electrons. The van der Waals surface area contributed by atoms with E-state index in [0.717, 1.165) is 23.6 Å². The molecule has 3 amide bonds. The molecule has 0 aliphatic carbocycles. The number of ether oxygens (including phenoxy) is 2. The van der Waals surface area contributed by atoms with Gasteiger partial charge in [-0.25, -0.2) is 0 Å². The number of carbonyl (C=O) groups is 3. The van der Waals surface area contributed by atoms with E-state index in [4.69, 9.17) is 9.47 Å². The number of likely N-dealkylation sites (tertiary alicyclic amines) is 1. The lowest BCUT2D eigenvalue weighted by Gasteiger charge is -2.35. The van der Waals surface area contributed by atoms with Crippen molar-refractivity contribution >= 4 is 28.5 Å². The van der Waals surface area contributed by atoms with Crippen LogP contribution in [0.15, 0.2) is 54.6 Å². The van der Waals surface area contributed by atoms with E-state index in [2.05, 4.69) is 0 Å². The van der Waals surface area contributed by atoms with Crippen LogP contribution in [0.25, 0.3) is 10.8 Å². The Balaban J connectivity index is 1.14. The number of piperidine rings is 1. The predicted molar refractivity (Wildman–Crippen MR) is 121 cm³/mol. The fraction of sp³-hybridized carbons (Fsp3) is 0.269. The summed E-state index contributed by atoms with van der Waals surface area (Å²) in [7, 11) is 0. The highest BCUT2D eigenvalue weighted by molar-refractivity contribution is 6.25. The van der Waals surface area contributed by atoms with E-state index < -0.39 is 0 Å². The van der Waals surface area contributed by atoms with E-state index in [1.54, 1.807) is 30.3 Å². The van der Waals surface area contributed by atoms with Crippen LogP contribution in [0.3, 0.4) is 0 Å². The molecule has 0 spiro atoms. The summed E-state index contributed by atoms with van der Waals surface area (Å²) < 4.78 is 10.7. The molecule has 1 saturated heterocycles. The molecular weight excluding hydrogens is 420 g/mol. The third-order valence-electron chi connectivity index (χ3n) is 6.82. The first-order valence-corrected chi connectivity index (χ1v) is 11.2. The van der Waals surface area contributed by atoms with E-state index in [9.17, 15) is 14.4 Å². The Morgan fingerprint density at radius 2 is 1.55 bits per heavy atom. The summed E-state index contributed by atoms with van der Waals surface area (Å²) in [6, 6.07) is 16.4. The molecule has 3 aromatic rings. The fourth-order valence-electron chi connectivity index (χ4n) is 5.04. The zero-order valence-electron chi connectivity index (χ0n) is 18.0. The number of carbonyl (C=O) groups excluding carboxylic acids is 3. The van der Waals surface area contributed by atoms with Crippen LogP contribution in [-0.4, -0.2) is 53.9 Å². The van der Waals surface area contributed by atoms with Gasteiger partial charge < -0.3 is 14.4 Å². The smallest absolute Gasteiger partial charge is 0.261 e. The number of benzene rings is 3. The van der Waals surface area contributed by atoms with Gasteiger partial charge in [-0.15, -0.1) is 0 Å². The number of nitrogens with zero attached hydrogens (tertiary/aromatic N) is 2. The van der Waals surface area contributed by atoms with E-state index in [0.29, 0.717) is 47.8 Å². The summed E-state index contributed by atoms with van der Waals surface area (Å²) >= 11 is 0. The highest BCUT2D eigenvalue weighted by atomic mass is 16.7. The van der Waals surface area contributed by atoms with E-state index in [1.165, 1.54) is 4.90 Å². The molecule has 6 rings (SSSR count). The van der Waals surface area contributed by atoms with Crippen molar-refractivity contribution in [2.24, 2.45) is 5.92 Å². The molecule has 3 heterocycles. The maximum absolute atomic E-state index is 13.2. The largest absolute Gasteiger partial charge is 0.454 e. The Hall–Kier alpha value is -3.87. The number of rotatable bonds is 3. The molecular formula is C26H22N2O5. The van der Waals surface area contributed by atoms with Crippen LogP contribution in [0.1, 0.15) is 43.9 Å². The summed E-state index contributed by atoms with van der Waals surface area (Å²) in [5, 5.41) is 1.65. The molecule has 3 aliphatic rings. The molecule has 7 nitrogen and oxygen atoms in total. The van der Waals surface area contributed by atoms with Crippen molar-refractivity contribution in [2.75, 3.05) is 26.4 Å². The van der Waals surface area contributed by atoms with E-state index in [1.807, 2.05) is 29.2 Å². The van der Waals surface area contributed by atoms with Crippen molar-refractivity contribution in [1.82, 2.24) is 9.80 Å². The minimum absolute atomic E-state index is 0.0440. The van der Waals surface area contributed by atoms with Crippen LogP contribution in [0.2, 0.25) is 0 Å². The van der Waals surface area contributed by atoms with Gasteiger partial charge in [-0.05, 0) is 54.5 Å². The van der Waals surface area contributed by atoms with Crippen molar-refractivity contribution in [2.45, 2.75) is 12.8 Å². The first-order chi connectivity index (χ1) is 16.1. The Morgan fingerprint density at radius 1 is 0.879 bits per heavy atom. The molecule has 0 aromatic heterocycles. The van der Waals surface area contributed by atoms with Gasteiger partial charge in [0.05, 0.1) is 0 Å². The minimum Gasteiger partial charge on any atom is -0.454 e. The van der Waals surface area contributed by atoms with Crippen molar-refractivity contribution < 1.29 is 23.9 Å². The maximum Gasteiger partial charge on any atom is 0.261 e. The summed E-state index contributed by atoms with van der Waals surface area (Å²) in [4.78, 5) is 42.5. The highest BCUT2D eigenvalue weighted by Crippen LogP contribution is 2.34. The van der Waals surface area contributed by atoms with Crippen molar-refractivity contribution in [1.29, 1.82) is 0 Å². The topological polar surface area (TPSA) is 76.2 Å². The molecule has 3 aromatic carbocycles. The summed E-state index contributed by atoms with van der Waals surface area (Å²) in [6.07, 6.45) is 1.47. The Bertz CT molecular complexity index is 1260. The van der Waals surface area contributed by atoms with Gasteiger partial charge in [-0.1, -0.05) is 24.3 Å². The molecule has 1 fully saturated rings. The quantitative estimate of drug-likeness (QED) is 0.578. The van der Waals surface area contributed by atoms with Gasteiger partial charge >= 0.3 is 0 Å². The second kappa shape index (κ2) is 7.62. The lowest BCUT2D eigenvalue weighted by Crippen LogP contribution is -2.46. The number of imide groups is 1. The second-order valence-corrected chi connectivity index (χ2v) is 8.73. The first kappa shape index (κ1) is 19.8. The molecule has 3 aliphatic heterocycles. The predicted octanol–water partition coefficient (Wildman–Crippen LogP) is 3.72. The molecule has 0 N–H and O–H groups in total. The average molecular weight is 442 g/mol. The van der Waals surface area contributed by atoms with Crippen LogP contribution in [0.4, 0.5) is 0 Å². The summed E-state index contributed by atoms with van der Waals surface area (Å²) in [5.74, 6) is 0.888. The van der Waals surface area contributed by atoms with Gasteiger partial charge in [0.25, 0.3) is 17.7 Å². The van der Waals surface area contributed by atoms with Gasteiger partial charge in [-0.3, -0.25) is 19.3 Å². The molecule has 0 atom stereocenters. The summed E-state index contributed by atoms with van der Waals surface area (Å²) in [5.41, 5.74) is 1.74. The number of amides is 3. The minimum atomic E-state index is -0.233. The van der Waals surface area contributed by atoms with E-state index >= 15 is 0 Å². The van der Waals surface area contributed by atoms with Crippen molar-refractivity contribution in [3.63, 3.8) is 0 Å². The third kappa shape index (κ3) is 3.23. The number of hydrogen-bond donors (Lipinski definition) is 0. The standard InChI is InChI=1S/C26H22N2O5/c29-24(18-7-8-21-22(13-18)33-15-32-21)27-11-9-16(10-12-27)14-28-25(30)19-5-1-3-17-4-2-6-20(23(17)19)26(28)31/h1-8,13,16H,9-12,14-15H2. The van der Waals surface area contributed by atoms with Crippen LogP contribution >= 0.6 is 0 Å². The van der Waals surface area contributed by atoms with Gasteiger partial charge in [0.2, 0.25) is 6.79 Å². The molecule has 0 saturated carbocycles. The van der Waals surface area contributed by atoms with Gasteiger partial charge in [-0.2, -0.15) is 0 Å². The maximum atomic E-state index is 13.2. The number of fused-ring (bicyclic) bond motifs is 1. The molecule has 0 bridgehead atoms. The zero-order chi connectivity index (χ0) is 22.5. The second-order valence-electron chi connectivity index (χ2n) is 8.73. The van der Waals surface area contributed by atoms with Gasteiger partial charge in [0.1, 0.15) is 0 Å². The third-order valence-corrected chi connectivity index (χ3v) is 6.82.